The van der Waals surface area contributed by atoms with Crippen LogP contribution in [-0.4, -0.2) is 26.7 Å². The van der Waals surface area contributed by atoms with Crippen LogP contribution in [0, 0.1) is 0 Å². The summed E-state index contributed by atoms with van der Waals surface area (Å²) in [5.74, 6) is 1.41. The normalized spacial score (nSPS) is 22.4. The first kappa shape index (κ1) is 16.8. The number of benzene rings is 2. The molecular weight excluding hydrogens is 296 g/mol. The third-order valence-electron chi connectivity index (χ3n) is 5.22. The predicted molar refractivity (Wildman–Crippen MR) is 101 cm³/mol. The molecule has 0 unspecified atom stereocenters. The molecule has 0 amide bonds. The molecule has 3 rings (SSSR count). The molecule has 0 aliphatic carbocycles. The molecule has 1 heterocycles. The van der Waals surface area contributed by atoms with Crippen molar-refractivity contribution in [3.63, 3.8) is 0 Å². The molecule has 1 saturated heterocycles. The molecule has 2 aromatic rings. The molecule has 128 valence electrons. The quantitative estimate of drug-likeness (QED) is 0.904. The molecule has 1 fully saturated rings. The van der Waals surface area contributed by atoms with Crippen LogP contribution in [0.3, 0.4) is 0 Å². The Balaban J connectivity index is 1.81. The summed E-state index contributed by atoms with van der Waals surface area (Å²) in [4.78, 5) is 2.14. The highest BCUT2D eigenvalue weighted by Gasteiger charge is 2.41. The van der Waals surface area contributed by atoms with Crippen molar-refractivity contribution in [2.45, 2.75) is 37.8 Å². The zero-order valence-corrected chi connectivity index (χ0v) is 15.3. The highest BCUT2D eigenvalue weighted by atomic mass is 16.5. The summed E-state index contributed by atoms with van der Waals surface area (Å²) in [6.45, 7) is 4.61. The Morgan fingerprint density at radius 1 is 0.958 bits per heavy atom. The van der Waals surface area contributed by atoms with Crippen LogP contribution in [-0.2, 0) is 0 Å². The van der Waals surface area contributed by atoms with E-state index in [0.717, 1.165) is 12.2 Å². The van der Waals surface area contributed by atoms with Crippen molar-refractivity contribution in [1.29, 1.82) is 0 Å². The average molecular weight is 324 g/mol. The van der Waals surface area contributed by atoms with E-state index in [9.17, 15) is 0 Å². The smallest absolute Gasteiger partial charge is 0.118 e. The SMILES string of the molecule is COc1ccc([C@@H]2C[C@H](c3ccc(N(C)C)cc3)C(C)(C)N2)cc1. The summed E-state index contributed by atoms with van der Waals surface area (Å²) < 4.78 is 5.27. The zero-order valence-electron chi connectivity index (χ0n) is 15.3. The van der Waals surface area contributed by atoms with Gasteiger partial charge in [-0.1, -0.05) is 24.3 Å². The molecular formula is C21H28N2O. The van der Waals surface area contributed by atoms with Gasteiger partial charge in [0.2, 0.25) is 0 Å². The highest BCUT2D eigenvalue weighted by molar-refractivity contribution is 5.47. The van der Waals surface area contributed by atoms with Crippen molar-refractivity contribution in [2.24, 2.45) is 0 Å². The maximum absolute atomic E-state index is 5.27. The van der Waals surface area contributed by atoms with Crippen molar-refractivity contribution in [2.75, 3.05) is 26.1 Å². The van der Waals surface area contributed by atoms with Crippen molar-refractivity contribution in [3.05, 3.63) is 59.7 Å². The number of ether oxygens (including phenoxy) is 1. The van der Waals surface area contributed by atoms with E-state index in [1.54, 1.807) is 7.11 Å². The number of nitrogens with zero attached hydrogens (tertiary/aromatic N) is 1. The number of anilines is 1. The molecule has 1 aliphatic heterocycles. The molecule has 0 spiro atoms. The molecule has 2 atom stereocenters. The molecule has 24 heavy (non-hydrogen) atoms. The lowest BCUT2D eigenvalue weighted by molar-refractivity contribution is 0.397. The van der Waals surface area contributed by atoms with E-state index in [2.05, 4.69) is 74.6 Å². The minimum Gasteiger partial charge on any atom is -0.497 e. The molecule has 2 aromatic carbocycles. The van der Waals surface area contributed by atoms with Gasteiger partial charge >= 0.3 is 0 Å². The van der Waals surface area contributed by atoms with E-state index < -0.39 is 0 Å². The third kappa shape index (κ3) is 3.27. The van der Waals surface area contributed by atoms with Gasteiger partial charge in [0.25, 0.3) is 0 Å². The fraction of sp³-hybridized carbons (Fsp3) is 0.429. The van der Waals surface area contributed by atoms with Gasteiger partial charge in [-0.2, -0.15) is 0 Å². The number of hydrogen-bond acceptors (Lipinski definition) is 3. The van der Waals surface area contributed by atoms with Crippen LogP contribution < -0.4 is 15.0 Å². The molecule has 0 radical (unpaired) electrons. The standard InChI is InChI=1S/C21H28N2O/c1-21(2)19(15-6-10-17(11-7-15)23(3)4)14-20(22-21)16-8-12-18(24-5)13-9-16/h6-13,19-20,22H,14H2,1-5H3/t19-,20+/m1/s1. The summed E-state index contributed by atoms with van der Waals surface area (Å²) >= 11 is 0. The summed E-state index contributed by atoms with van der Waals surface area (Å²) in [7, 11) is 5.87. The zero-order chi connectivity index (χ0) is 17.3. The maximum atomic E-state index is 5.27. The Bertz CT molecular complexity index is 674. The van der Waals surface area contributed by atoms with Crippen LogP contribution in [0.15, 0.2) is 48.5 Å². The van der Waals surface area contributed by atoms with Gasteiger partial charge in [-0.25, -0.2) is 0 Å². The monoisotopic (exact) mass is 324 g/mol. The first-order valence-electron chi connectivity index (χ1n) is 8.59. The first-order valence-corrected chi connectivity index (χ1v) is 8.59. The van der Waals surface area contributed by atoms with Crippen LogP contribution in [0.2, 0.25) is 0 Å². The van der Waals surface area contributed by atoms with E-state index in [-0.39, 0.29) is 5.54 Å². The van der Waals surface area contributed by atoms with E-state index in [1.807, 2.05) is 12.1 Å². The van der Waals surface area contributed by atoms with Gasteiger partial charge in [-0.3, -0.25) is 0 Å². The lowest BCUT2D eigenvalue weighted by atomic mass is 9.82. The molecule has 0 saturated carbocycles. The summed E-state index contributed by atoms with van der Waals surface area (Å²) in [6, 6.07) is 17.8. The fourth-order valence-corrected chi connectivity index (χ4v) is 3.75. The van der Waals surface area contributed by atoms with Gasteiger partial charge in [0.15, 0.2) is 0 Å². The Morgan fingerprint density at radius 2 is 1.54 bits per heavy atom. The Kier molecular flexibility index (Phi) is 4.55. The van der Waals surface area contributed by atoms with Crippen LogP contribution in [0.25, 0.3) is 0 Å². The number of nitrogens with one attached hydrogen (secondary N) is 1. The predicted octanol–water partition coefficient (Wildman–Crippen LogP) is 4.36. The van der Waals surface area contributed by atoms with Crippen molar-refractivity contribution < 1.29 is 4.74 Å². The summed E-state index contributed by atoms with van der Waals surface area (Å²) in [5, 5.41) is 3.82. The molecule has 1 aliphatic rings. The van der Waals surface area contributed by atoms with Crippen LogP contribution in [0.1, 0.15) is 43.4 Å². The van der Waals surface area contributed by atoms with Crippen molar-refractivity contribution in [3.8, 4) is 5.75 Å². The average Bonchev–Trinajstić information content (AvgIpc) is 2.90. The minimum atomic E-state index is 0.0736. The van der Waals surface area contributed by atoms with E-state index in [0.29, 0.717) is 12.0 Å². The largest absolute Gasteiger partial charge is 0.497 e. The molecule has 3 heteroatoms. The van der Waals surface area contributed by atoms with E-state index >= 15 is 0 Å². The van der Waals surface area contributed by atoms with Crippen LogP contribution in [0.4, 0.5) is 5.69 Å². The number of methoxy groups -OCH3 is 1. The van der Waals surface area contributed by atoms with Gasteiger partial charge in [0.05, 0.1) is 7.11 Å². The number of rotatable bonds is 4. The topological polar surface area (TPSA) is 24.5 Å². The van der Waals surface area contributed by atoms with Crippen LogP contribution >= 0.6 is 0 Å². The maximum Gasteiger partial charge on any atom is 0.118 e. The second kappa shape index (κ2) is 6.48. The Morgan fingerprint density at radius 3 is 2.08 bits per heavy atom. The molecule has 1 N–H and O–H groups in total. The number of hydrogen-bond donors (Lipinski definition) is 1. The first-order chi connectivity index (χ1) is 11.4. The molecule has 3 nitrogen and oxygen atoms in total. The van der Waals surface area contributed by atoms with Crippen molar-refractivity contribution >= 4 is 5.69 Å². The summed E-state index contributed by atoms with van der Waals surface area (Å²) in [6.07, 6.45) is 1.11. The lowest BCUT2D eigenvalue weighted by Crippen LogP contribution is -2.37. The molecule has 0 bridgehead atoms. The van der Waals surface area contributed by atoms with Gasteiger partial charge in [0.1, 0.15) is 5.75 Å². The second-order valence-corrected chi connectivity index (χ2v) is 7.47. The van der Waals surface area contributed by atoms with Gasteiger partial charge in [0, 0.05) is 37.3 Å². The highest BCUT2D eigenvalue weighted by Crippen LogP contribution is 2.44. The summed E-state index contributed by atoms with van der Waals surface area (Å²) in [5.41, 5.74) is 4.06. The second-order valence-electron chi connectivity index (χ2n) is 7.47. The van der Waals surface area contributed by atoms with Gasteiger partial charge in [-0.05, 0) is 55.7 Å². The van der Waals surface area contributed by atoms with E-state index in [4.69, 9.17) is 4.74 Å². The van der Waals surface area contributed by atoms with E-state index in [1.165, 1.54) is 16.8 Å². The van der Waals surface area contributed by atoms with Gasteiger partial charge in [-0.15, -0.1) is 0 Å². The van der Waals surface area contributed by atoms with Crippen molar-refractivity contribution in [1.82, 2.24) is 5.32 Å². The fourth-order valence-electron chi connectivity index (χ4n) is 3.75. The Labute approximate surface area is 145 Å². The lowest BCUT2D eigenvalue weighted by Gasteiger charge is -2.28. The van der Waals surface area contributed by atoms with Crippen LogP contribution in [0.5, 0.6) is 5.75 Å². The molecule has 0 aromatic heterocycles. The minimum absolute atomic E-state index is 0.0736. The Hall–Kier alpha value is -2.00. The third-order valence-corrected chi connectivity index (χ3v) is 5.22. The van der Waals surface area contributed by atoms with Gasteiger partial charge < -0.3 is 15.0 Å².